The Morgan fingerprint density at radius 3 is 2.69 bits per heavy atom. The van der Waals surface area contributed by atoms with Crippen LogP contribution in [0.15, 0.2) is 18.2 Å². The highest BCUT2D eigenvalue weighted by molar-refractivity contribution is 6.34. The van der Waals surface area contributed by atoms with Crippen molar-refractivity contribution in [2.75, 3.05) is 0 Å². The minimum absolute atomic E-state index is 0.0505. The summed E-state index contributed by atoms with van der Waals surface area (Å²) in [4.78, 5) is 32.9. The first-order valence-corrected chi connectivity index (χ1v) is 4.69. The predicted octanol–water partition coefficient (Wildman–Crippen LogP) is 0.805. The van der Waals surface area contributed by atoms with Crippen molar-refractivity contribution in [3.05, 3.63) is 29.3 Å². The molecule has 82 valence electrons. The average molecular weight is 220 g/mol. The van der Waals surface area contributed by atoms with Gasteiger partial charge in [-0.05, 0) is 30.2 Å². The van der Waals surface area contributed by atoms with Gasteiger partial charge in [0.15, 0.2) is 0 Å². The van der Waals surface area contributed by atoms with Crippen molar-refractivity contribution in [3.8, 4) is 5.75 Å². The van der Waals surface area contributed by atoms with Crippen LogP contribution in [-0.2, 0) is 16.0 Å². The van der Waals surface area contributed by atoms with E-state index in [1.807, 2.05) is 0 Å². The maximum atomic E-state index is 11.1. The number of fused-ring (bicyclic) bond motifs is 1. The van der Waals surface area contributed by atoms with E-state index in [-0.39, 0.29) is 17.7 Å². The second-order valence-corrected chi connectivity index (χ2v) is 3.44. The first-order chi connectivity index (χ1) is 7.58. The van der Waals surface area contributed by atoms with Gasteiger partial charge in [0.2, 0.25) is 5.78 Å². The Hall–Kier alpha value is -2.17. The second kappa shape index (κ2) is 3.77. The van der Waals surface area contributed by atoms with E-state index in [2.05, 4.69) is 0 Å². The molecule has 16 heavy (non-hydrogen) atoms. The van der Waals surface area contributed by atoms with Crippen LogP contribution in [0.1, 0.15) is 22.3 Å². The highest BCUT2D eigenvalue weighted by Gasteiger charge is 2.23. The standard InChI is InChI=1S/C11H8O5/c12-8-3-1-6-5-7(10(13)14)2-4-9(6)16-11(8)15/h2,4-5H,1,3H2,(H,13,14). The summed E-state index contributed by atoms with van der Waals surface area (Å²) in [6.07, 6.45) is 0.371. The molecule has 0 radical (unpaired) electrons. The summed E-state index contributed by atoms with van der Waals surface area (Å²) in [5, 5.41) is 8.79. The number of carbonyl (C=O) groups is 3. The van der Waals surface area contributed by atoms with Crippen LogP contribution in [0.25, 0.3) is 0 Å². The fraction of sp³-hybridized carbons (Fsp3) is 0.182. The Bertz CT molecular complexity index is 489. The molecule has 0 aliphatic carbocycles. The number of benzene rings is 1. The summed E-state index contributed by atoms with van der Waals surface area (Å²) in [5.41, 5.74) is 0.684. The number of aryl methyl sites for hydroxylation is 1. The van der Waals surface area contributed by atoms with Gasteiger partial charge in [0.25, 0.3) is 0 Å². The summed E-state index contributed by atoms with van der Waals surface area (Å²) in [6.45, 7) is 0. The van der Waals surface area contributed by atoms with Gasteiger partial charge in [0.1, 0.15) is 5.75 Å². The monoisotopic (exact) mass is 220 g/mol. The summed E-state index contributed by atoms with van der Waals surface area (Å²) in [5.74, 6) is -2.26. The summed E-state index contributed by atoms with van der Waals surface area (Å²) in [7, 11) is 0. The molecule has 0 saturated heterocycles. The average Bonchev–Trinajstić information content (AvgIpc) is 2.39. The van der Waals surface area contributed by atoms with Gasteiger partial charge in [0, 0.05) is 6.42 Å². The van der Waals surface area contributed by atoms with Crippen LogP contribution in [0.2, 0.25) is 0 Å². The third-order valence-electron chi connectivity index (χ3n) is 2.36. The molecule has 1 aliphatic heterocycles. The number of hydrogen-bond acceptors (Lipinski definition) is 4. The quantitative estimate of drug-likeness (QED) is 0.430. The van der Waals surface area contributed by atoms with Gasteiger partial charge in [-0.3, -0.25) is 4.79 Å². The largest absolute Gasteiger partial charge is 0.478 e. The number of carboxylic acid groups (broad SMARTS) is 1. The van der Waals surface area contributed by atoms with Gasteiger partial charge in [-0.15, -0.1) is 0 Å². The molecule has 0 saturated carbocycles. The molecule has 2 rings (SSSR count). The Morgan fingerprint density at radius 1 is 1.25 bits per heavy atom. The lowest BCUT2D eigenvalue weighted by Crippen LogP contribution is -2.18. The van der Waals surface area contributed by atoms with E-state index in [9.17, 15) is 14.4 Å². The van der Waals surface area contributed by atoms with E-state index in [0.29, 0.717) is 12.0 Å². The lowest BCUT2D eigenvalue weighted by molar-refractivity contribution is -0.146. The highest BCUT2D eigenvalue weighted by atomic mass is 16.5. The topological polar surface area (TPSA) is 80.7 Å². The summed E-state index contributed by atoms with van der Waals surface area (Å²) < 4.78 is 4.82. The molecule has 1 aromatic carbocycles. The van der Waals surface area contributed by atoms with Crippen molar-refractivity contribution in [1.82, 2.24) is 0 Å². The number of Topliss-reactive ketones (excluding diaryl/α,β-unsaturated/α-hetero) is 1. The summed E-state index contributed by atoms with van der Waals surface area (Å²) >= 11 is 0. The van der Waals surface area contributed by atoms with Crippen molar-refractivity contribution in [2.24, 2.45) is 0 Å². The Labute approximate surface area is 90.6 Å². The molecule has 5 nitrogen and oxygen atoms in total. The van der Waals surface area contributed by atoms with Crippen molar-refractivity contribution in [1.29, 1.82) is 0 Å². The molecule has 1 aromatic rings. The molecule has 1 N–H and O–H groups in total. The number of carboxylic acids is 1. The van der Waals surface area contributed by atoms with Crippen molar-refractivity contribution in [2.45, 2.75) is 12.8 Å². The van der Waals surface area contributed by atoms with Crippen LogP contribution >= 0.6 is 0 Å². The molecule has 0 spiro atoms. The van der Waals surface area contributed by atoms with Gasteiger partial charge >= 0.3 is 11.9 Å². The van der Waals surface area contributed by atoms with E-state index < -0.39 is 17.7 Å². The molecule has 0 atom stereocenters. The molecule has 0 amide bonds. The van der Waals surface area contributed by atoms with Gasteiger partial charge in [0.05, 0.1) is 5.56 Å². The first kappa shape index (κ1) is 10.4. The number of ketones is 1. The minimum Gasteiger partial charge on any atom is -0.478 e. The third-order valence-corrected chi connectivity index (χ3v) is 2.36. The number of hydrogen-bond donors (Lipinski definition) is 1. The lowest BCUT2D eigenvalue weighted by atomic mass is 10.0. The molecule has 1 heterocycles. The fourth-order valence-corrected chi connectivity index (χ4v) is 1.51. The van der Waals surface area contributed by atoms with Crippen molar-refractivity contribution in [3.63, 3.8) is 0 Å². The molecule has 0 aromatic heterocycles. The molecule has 1 aliphatic rings. The summed E-state index contributed by atoms with van der Waals surface area (Å²) in [6, 6.07) is 4.16. The van der Waals surface area contributed by atoms with E-state index >= 15 is 0 Å². The maximum absolute atomic E-state index is 11.1. The van der Waals surface area contributed by atoms with Crippen LogP contribution in [0, 0.1) is 0 Å². The maximum Gasteiger partial charge on any atom is 0.380 e. The zero-order valence-corrected chi connectivity index (χ0v) is 8.23. The first-order valence-electron chi connectivity index (χ1n) is 4.69. The normalized spacial score (nSPS) is 15.0. The molecular formula is C11H8O5. The fourth-order valence-electron chi connectivity index (χ4n) is 1.51. The van der Waals surface area contributed by atoms with Crippen molar-refractivity contribution < 1.29 is 24.2 Å². The van der Waals surface area contributed by atoms with Gasteiger partial charge in [-0.2, -0.15) is 0 Å². The third kappa shape index (κ3) is 1.79. The Morgan fingerprint density at radius 2 is 2.00 bits per heavy atom. The van der Waals surface area contributed by atoms with Gasteiger partial charge in [-0.25, -0.2) is 9.59 Å². The predicted molar refractivity (Wildman–Crippen MR) is 52.4 cm³/mol. The SMILES string of the molecule is O=C1CCc2cc(C(=O)O)ccc2OC1=O. The number of carbonyl (C=O) groups excluding carboxylic acids is 2. The van der Waals surface area contributed by atoms with E-state index in [1.165, 1.54) is 18.2 Å². The number of esters is 1. The molecule has 0 unspecified atom stereocenters. The van der Waals surface area contributed by atoms with E-state index in [0.717, 1.165) is 0 Å². The molecule has 5 heteroatoms. The molecule has 0 fully saturated rings. The van der Waals surface area contributed by atoms with Crippen LogP contribution in [-0.4, -0.2) is 22.8 Å². The number of aromatic carboxylic acids is 1. The number of rotatable bonds is 1. The van der Waals surface area contributed by atoms with E-state index in [1.54, 1.807) is 0 Å². The molecule has 0 bridgehead atoms. The van der Waals surface area contributed by atoms with Crippen LogP contribution in [0.4, 0.5) is 0 Å². The van der Waals surface area contributed by atoms with Crippen LogP contribution in [0.5, 0.6) is 5.75 Å². The van der Waals surface area contributed by atoms with Crippen LogP contribution in [0.3, 0.4) is 0 Å². The zero-order chi connectivity index (χ0) is 11.7. The van der Waals surface area contributed by atoms with Gasteiger partial charge in [-0.1, -0.05) is 0 Å². The van der Waals surface area contributed by atoms with Crippen molar-refractivity contribution >= 4 is 17.7 Å². The Balaban J connectivity index is 2.42. The van der Waals surface area contributed by atoms with E-state index in [4.69, 9.17) is 9.84 Å². The lowest BCUT2D eigenvalue weighted by Gasteiger charge is -2.05. The van der Waals surface area contributed by atoms with Gasteiger partial charge < -0.3 is 9.84 Å². The van der Waals surface area contributed by atoms with Crippen LogP contribution < -0.4 is 4.74 Å². The smallest absolute Gasteiger partial charge is 0.380 e. The number of ether oxygens (including phenoxy) is 1. The zero-order valence-electron chi connectivity index (χ0n) is 8.23. The second-order valence-electron chi connectivity index (χ2n) is 3.44. The minimum atomic E-state index is -1.05. The highest BCUT2D eigenvalue weighted by Crippen LogP contribution is 2.24. The molecular weight excluding hydrogens is 212 g/mol. The Kier molecular flexibility index (Phi) is 2.44.